The van der Waals surface area contributed by atoms with Crippen LogP contribution in [-0.2, 0) is 6.54 Å². The topological polar surface area (TPSA) is 84.2 Å². The van der Waals surface area contributed by atoms with Crippen LogP contribution in [0.2, 0.25) is 0 Å². The summed E-state index contributed by atoms with van der Waals surface area (Å²) in [7, 11) is 1.47. The highest BCUT2D eigenvalue weighted by atomic mass is 16.5. The van der Waals surface area contributed by atoms with Crippen molar-refractivity contribution < 1.29 is 4.74 Å². The summed E-state index contributed by atoms with van der Waals surface area (Å²) in [6.07, 6.45) is 1.38. The molecule has 0 aliphatic heterocycles. The number of hydrogen-bond acceptors (Lipinski definition) is 5. The summed E-state index contributed by atoms with van der Waals surface area (Å²) in [5, 5.41) is 0. The minimum Gasteiger partial charge on any atom is -0.489 e. The fourth-order valence-corrected chi connectivity index (χ4v) is 1.97. The highest BCUT2D eigenvalue weighted by Crippen LogP contribution is 2.22. The molecule has 0 atom stereocenters. The maximum atomic E-state index is 11.7. The standard InChI is InChI=1S/C14H18N4O2/c1-3-18(8-10-4-6-11(15)7-5-10)13-12(20-2)14(19)17-9-16-13/h4-7,9H,3,8,15H2,1-2H3,(H,16,17,19). The third kappa shape index (κ3) is 2.90. The summed E-state index contributed by atoms with van der Waals surface area (Å²) < 4.78 is 5.15. The lowest BCUT2D eigenvalue weighted by Crippen LogP contribution is -2.26. The summed E-state index contributed by atoms with van der Waals surface area (Å²) >= 11 is 0. The van der Waals surface area contributed by atoms with Crippen LogP contribution in [0.15, 0.2) is 35.4 Å². The summed E-state index contributed by atoms with van der Waals surface area (Å²) in [5.74, 6) is 0.764. The Morgan fingerprint density at radius 1 is 1.35 bits per heavy atom. The SMILES string of the molecule is CCN(Cc1ccc(N)cc1)c1nc[nH]c(=O)c1OC. The van der Waals surface area contributed by atoms with E-state index in [0.29, 0.717) is 18.9 Å². The molecule has 2 aromatic rings. The maximum absolute atomic E-state index is 11.7. The molecule has 0 fully saturated rings. The molecule has 0 bridgehead atoms. The Labute approximate surface area is 117 Å². The van der Waals surface area contributed by atoms with Gasteiger partial charge in [-0.2, -0.15) is 0 Å². The minimum atomic E-state index is -0.284. The van der Waals surface area contributed by atoms with Gasteiger partial charge >= 0.3 is 0 Å². The second kappa shape index (κ2) is 6.10. The van der Waals surface area contributed by atoms with Crippen LogP contribution in [0.5, 0.6) is 5.75 Å². The van der Waals surface area contributed by atoms with E-state index in [1.807, 2.05) is 36.1 Å². The highest BCUT2D eigenvalue weighted by molar-refractivity contribution is 5.51. The van der Waals surface area contributed by atoms with Crippen molar-refractivity contribution in [1.29, 1.82) is 0 Å². The Morgan fingerprint density at radius 2 is 2.05 bits per heavy atom. The number of ether oxygens (including phenoxy) is 1. The number of nitrogens with one attached hydrogen (secondary N) is 1. The van der Waals surface area contributed by atoms with E-state index in [0.717, 1.165) is 11.3 Å². The van der Waals surface area contributed by atoms with Gasteiger partial charge in [-0.1, -0.05) is 12.1 Å². The van der Waals surface area contributed by atoms with Gasteiger partial charge in [-0.15, -0.1) is 0 Å². The largest absolute Gasteiger partial charge is 0.489 e. The molecule has 1 aromatic heterocycles. The number of anilines is 2. The number of aromatic nitrogens is 2. The van der Waals surface area contributed by atoms with E-state index in [4.69, 9.17) is 10.5 Å². The van der Waals surface area contributed by atoms with Gasteiger partial charge in [-0.25, -0.2) is 4.98 Å². The van der Waals surface area contributed by atoms with Crippen LogP contribution in [0.1, 0.15) is 12.5 Å². The molecule has 1 heterocycles. The number of H-pyrrole nitrogens is 1. The van der Waals surface area contributed by atoms with Gasteiger partial charge in [-0.05, 0) is 24.6 Å². The lowest BCUT2D eigenvalue weighted by Gasteiger charge is -2.23. The number of nitrogens with zero attached hydrogens (tertiary/aromatic N) is 2. The molecule has 0 amide bonds. The lowest BCUT2D eigenvalue weighted by atomic mass is 10.2. The van der Waals surface area contributed by atoms with E-state index in [9.17, 15) is 4.79 Å². The van der Waals surface area contributed by atoms with Crippen LogP contribution in [-0.4, -0.2) is 23.6 Å². The van der Waals surface area contributed by atoms with Crippen LogP contribution >= 0.6 is 0 Å². The van der Waals surface area contributed by atoms with Crippen LogP contribution in [0.3, 0.4) is 0 Å². The van der Waals surface area contributed by atoms with Gasteiger partial charge in [-0.3, -0.25) is 4.79 Å². The monoisotopic (exact) mass is 274 g/mol. The molecule has 0 aliphatic carbocycles. The molecule has 6 heteroatoms. The van der Waals surface area contributed by atoms with Gasteiger partial charge in [0.2, 0.25) is 5.75 Å². The van der Waals surface area contributed by atoms with Crippen LogP contribution in [0.4, 0.5) is 11.5 Å². The molecule has 3 N–H and O–H groups in total. The first kappa shape index (κ1) is 13.9. The second-order valence-electron chi connectivity index (χ2n) is 4.34. The molecule has 0 aliphatic rings. The average Bonchev–Trinajstić information content (AvgIpc) is 2.46. The van der Waals surface area contributed by atoms with Gasteiger partial charge in [0.05, 0.1) is 13.4 Å². The first-order valence-corrected chi connectivity index (χ1v) is 6.36. The number of benzene rings is 1. The van der Waals surface area contributed by atoms with Gasteiger partial charge in [0.25, 0.3) is 5.56 Å². The number of aromatic amines is 1. The van der Waals surface area contributed by atoms with Crippen LogP contribution < -0.4 is 20.9 Å². The maximum Gasteiger partial charge on any atom is 0.295 e. The molecule has 6 nitrogen and oxygen atoms in total. The lowest BCUT2D eigenvalue weighted by molar-refractivity contribution is 0.405. The molecule has 1 aromatic carbocycles. The van der Waals surface area contributed by atoms with Gasteiger partial charge in [0.15, 0.2) is 5.82 Å². The first-order chi connectivity index (χ1) is 9.65. The van der Waals surface area contributed by atoms with Gasteiger partial charge in [0.1, 0.15) is 0 Å². The summed E-state index contributed by atoms with van der Waals surface area (Å²) in [6, 6.07) is 7.62. The van der Waals surface area contributed by atoms with E-state index in [-0.39, 0.29) is 11.3 Å². The molecule has 0 spiro atoms. The first-order valence-electron chi connectivity index (χ1n) is 6.36. The molecule has 2 rings (SSSR count). The molecule has 0 saturated carbocycles. The predicted octanol–water partition coefficient (Wildman–Crippen LogP) is 1.39. The zero-order chi connectivity index (χ0) is 14.5. The Balaban J connectivity index is 2.31. The number of rotatable bonds is 5. The third-order valence-electron chi connectivity index (χ3n) is 3.03. The molecule has 0 radical (unpaired) electrons. The zero-order valence-corrected chi connectivity index (χ0v) is 11.6. The molecular formula is C14H18N4O2. The number of nitrogens with two attached hydrogens (primary N) is 1. The van der Waals surface area contributed by atoms with Crippen molar-refractivity contribution in [1.82, 2.24) is 9.97 Å². The fourth-order valence-electron chi connectivity index (χ4n) is 1.97. The van der Waals surface area contributed by atoms with E-state index in [1.165, 1.54) is 13.4 Å². The van der Waals surface area contributed by atoms with E-state index < -0.39 is 0 Å². The van der Waals surface area contributed by atoms with E-state index >= 15 is 0 Å². The van der Waals surface area contributed by atoms with Crippen molar-refractivity contribution in [3.8, 4) is 5.75 Å². The number of nitrogen functional groups attached to an aromatic ring is 1. The smallest absolute Gasteiger partial charge is 0.295 e. The van der Waals surface area contributed by atoms with E-state index in [1.54, 1.807) is 0 Å². The Morgan fingerprint density at radius 3 is 2.65 bits per heavy atom. The zero-order valence-electron chi connectivity index (χ0n) is 11.6. The highest BCUT2D eigenvalue weighted by Gasteiger charge is 2.15. The normalized spacial score (nSPS) is 10.3. The third-order valence-corrected chi connectivity index (χ3v) is 3.03. The molecule has 20 heavy (non-hydrogen) atoms. The predicted molar refractivity (Wildman–Crippen MR) is 79.0 cm³/mol. The number of methoxy groups -OCH3 is 1. The van der Waals surface area contributed by atoms with E-state index in [2.05, 4.69) is 9.97 Å². The summed E-state index contributed by atoms with van der Waals surface area (Å²) in [4.78, 5) is 20.4. The van der Waals surface area contributed by atoms with Crippen molar-refractivity contribution in [2.45, 2.75) is 13.5 Å². The van der Waals surface area contributed by atoms with Crippen molar-refractivity contribution in [2.24, 2.45) is 0 Å². The number of hydrogen-bond donors (Lipinski definition) is 2. The fraction of sp³-hybridized carbons (Fsp3) is 0.286. The van der Waals surface area contributed by atoms with Crippen LogP contribution in [0, 0.1) is 0 Å². The van der Waals surface area contributed by atoms with Gasteiger partial charge < -0.3 is 20.4 Å². The molecular weight excluding hydrogens is 256 g/mol. The molecule has 0 unspecified atom stereocenters. The van der Waals surface area contributed by atoms with Crippen molar-refractivity contribution >= 4 is 11.5 Å². The summed E-state index contributed by atoms with van der Waals surface area (Å²) in [5.41, 5.74) is 7.20. The van der Waals surface area contributed by atoms with Crippen LogP contribution in [0.25, 0.3) is 0 Å². The quantitative estimate of drug-likeness (QED) is 0.805. The second-order valence-corrected chi connectivity index (χ2v) is 4.34. The van der Waals surface area contributed by atoms with Crippen molar-refractivity contribution in [3.05, 3.63) is 46.5 Å². The average molecular weight is 274 g/mol. The van der Waals surface area contributed by atoms with Crippen molar-refractivity contribution in [2.75, 3.05) is 24.3 Å². The van der Waals surface area contributed by atoms with Crippen molar-refractivity contribution in [3.63, 3.8) is 0 Å². The molecule has 0 saturated heterocycles. The molecule has 106 valence electrons. The Bertz CT molecular complexity index is 622. The van der Waals surface area contributed by atoms with Gasteiger partial charge in [0, 0.05) is 18.8 Å². The minimum absolute atomic E-state index is 0.227. The Hall–Kier alpha value is -2.50. The Kier molecular flexibility index (Phi) is 4.24. The summed E-state index contributed by atoms with van der Waals surface area (Å²) in [6.45, 7) is 3.33.